The number of ether oxygens (including phenoxy) is 1. The van der Waals surface area contributed by atoms with Crippen molar-refractivity contribution in [1.29, 1.82) is 0 Å². The van der Waals surface area contributed by atoms with Gasteiger partial charge < -0.3 is 9.64 Å². The molecule has 0 saturated carbocycles. The van der Waals surface area contributed by atoms with Crippen molar-refractivity contribution in [2.45, 2.75) is 33.4 Å². The molecule has 0 aromatic carbocycles. The number of nitrogens with zero attached hydrogens (tertiary/aromatic N) is 7. The van der Waals surface area contributed by atoms with Crippen LogP contribution in [-0.4, -0.2) is 48.6 Å². The number of anilines is 1. The van der Waals surface area contributed by atoms with E-state index in [4.69, 9.17) is 4.74 Å². The van der Waals surface area contributed by atoms with Gasteiger partial charge in [-0.2, -0.15) is 10.2 Å². The number of carbonyl (C=O) groups is 1. The maximum Gasteiger partial charge on any atom is 0.359 e. The highest BCUT2D eigenvalue weighted by atomic mass is 16.5. The van der Waals surface area contributed by atoms with Crippen molar-refractivity contribution in [3.05, 3.63) is 41.6 Å². The molecule has 28 heavy (non-hydrogen) atoms. The minimum absolute atomic E-state index is 0.335. The van der Waals surface area contributed by atoms with Gasteiger partial charge in [-0.25, -0.2) is 19.4 Å². The summed E-state index contributed by atoms with van der Waals surface area (Å²) in [5.41, 5.74) is 3.37. The zero-order valence-corrected chi connectivity index (χ0v) is 16.3. The van der Waals surface area contributed by atoms with Crippen molar-refractivity contribution >= 4 is 11.8 Å². The number of pyridine rings is 1. The van der Waals surface area contributed by atoms with Gasteiger partial charge in [0.2, 0.25) is 0 Å². The molecule has 146 valence electrons. The van der Waals surface area contributed by atoms with Gasteiger partial charge in [-0.3, -0.25) is 4.68 Å². The van der Waals surface area contributed by atoms with Crippen molar-refractivity contribution in [3.8, 4) is 11.4 Å². The smallest absolute Gasteiger partial charge is 0.359 e. The third-order valence-electron chi connectivity index (χ3n) is 4.94. The van der Waals surface area contributed by atoms with Crippen LogP contribution in [0.2, 0.25) is 0 Å². The Bertz CT molecular complexity index is 990. The fraction of sp³-hybridized carbons (Fsp3) is 0.421. The molecule has 1 aliphatic rings. The Kier molecular flexibility index (Phi) is 4.81. The molecule has 0 fully saturated rings. The molecule has 0 unspecified atom stereocenters. The fourth-order valence-corrected chi connectivity index (χ4v) is 3.57. The van der Waals surface area contributed by atoms with Crippen molar-refractivity contribution in [3.63, 3.8) is 0 Å². The second-order valence-corrected chi connectivity index (χ2v) is 6.59. The molecule has 4 rings (SSSR count). The quantitative estimate of drug-likeness (QED) is 0.623. The van der Waals surface area contributed by atoms with E-state index in [1.807, 2.05) is 30.8 Å². The van der Waals surface area contributed by atoms with E-state index < -0.39 is 0 Å². The zero-order chi connectivity index (χ0) is 19.7. The van der Waals surface area contributed by atoms with E-state index in [1.54, 1.807) is 17.8 Å². The number of carbonyl (C=O) groups excluding carboxylic acids is 1. The Labute approximate surface area is 163 Å². The van der Waals surface area contributed by atoms with E-state index in [0.29, 0.717) is 18.8 Å². The SMILES string of the molecule is CCOC(=O)c1nn(CC)c2c1CN(c1ccc(-c3ncnn3C)cn1)CC2. The summed E-state index contributed by atoms with van der Waals surface area (Å²) < 4.78 is 8.82. The molecule has 0 amide bonds. The number of rotatable bonds is 5. The lowest BCUT2D eigenvalue weighted by molar-refractivity contribution is 0.0517. The molecule has 0 radical (unpaired) electrons. The second-order valence-electron chi connectivity index (χ2n) is 6.59. The molecule has 0 bridgehead atoms. The highest BCUT2D eigenvalue weighted by molar-refractivity contribution is 5.89. The van der Waals surface area contributed by atoms with Crippen molar-refractivity contribution in [2.75, 3.05) is 18.1 Å². The summed E-state index contributed by atoms with van der Waals surface area (Å²) in [5, 5.41) is 8.59. The molecule has 3 aromatic heterocycles. The molecule has 3 aromatic rings. The summed E-state index contributed by atoms with van der Waals surface area (Å²) in [6, 6.07) is 3.97. The lowest BCUT2D eigenvalue weighted by Crippen LogP contribution is -2.32. The molecule has 0 atom stereocenters. The monoisotopic (exact) mass is 381 g/mol. The van der Waals surface area contributed by atoms with Crippen molar-refractivity contribution in [1.82, 2.24) is 29.5 Å². The first-order valence-electron chi connectivity index (χ1n) is 9.43. The Hall–Kier alpha value is -3.23. The van der Waals surface area contributed by atoms with Gasteiger partial charge in [0.15, 0.2) is 11.5 Å². The van der Waals surface area contributed by atoms with Crippen LogP contribution in [0.5, 0.6) is 0 Å². The minimum atomic E-state index is -0.363. The first-order valence-corrected chi connectivity index (χ1v) is 9.43. The van der Waals surface area contributed by atoms with Crippen LogP contribution in [0.15, 0.2) is 24.7 Å². The third-order valence-corrected chi connectivity index (χ3v) is 4.94. The van der Waals surface area contributed by atoms with Gasteiger partial charge in [0.05, 0.1) is 6.61 Å². The van der Waals surface area contributed by atoms with Crippen LogP contribution in [0.4, 0.5) is 5.82 Å². The van der Waals surface area contributed by atoms with Gasteiger partial charge in [0.1, 0.15) is 12.1 Å². The molecular formula is C19H23N7O2. The average Bonchev–Trinajstić information content (AvgIpc) is 3.31. The van der Waals surface area contributed by atoms with Gasteiger partial charge in [-0.1, -0.05) is 0 Å². The summed E-state index contributed by atoms with van der Waals surface area (Å²) in [7, 11) is 1.85. The van der Waals surface area contributed by atoms with Crippen LogP contribution < -0.4 is 4.90 Å². The molecule has 1 aliphatic heterocycles. The topological polar surface area (TPSA) is 91.0 Å². The van der Waals surface area contributed by atoms with Crippen LogP contribution >= 0.6 is 0 Å². The Morgan fingerprint density at radius 3 is 2.75 bits per heavy atom. The number of hydrogen-bond acceptors (Lipinski definition) is 7. The number of aromatic nitrogens is 6. The maximum atomic E-state index is 12.3. The number of aryl methyl sites for hydroxylation is 2. The maximum absolute atomic E-state index is 12.3. The Morgan fingerprint density at radius 1 is 1.25 bits per heavy atom. The van der Waals surface area contributed by atoms with E-state index in [1.165, 1.54) is 6.33 Å². The van der Waals surface area contributed by atoms with Gasteiger partial charge in [0.25, 0.3) is 0 Å². The van der Waals surface area contributed by atoms with Gasteiger partial charge in [0, 0.05) is 56.1 Å². The number of fused-ring (bicyclic) bond motifs is 1. The molecule has 0 spiro atoms. The second kappa shape index (κ2) is 7.41. The predicted octanol–water partition coefficient (Wildman–Crippen LogP) is 1.83. The van der Waals surface area contributed by atoms with Crippen LogP contribution in [0.25, 0.3) is 11.4 Å². The van der Waals surface area contributed by atoms with E-state index in [0.717, 1.165) is 48.0 Å². The standard InChI is InChI=1S/C19H23N7O2/c1-4-26-15-8-9-25(11-14(15)17(23-26)19(27)28-5-2)16-7-6-13(10-20-16)18-21-12-22-24(18)3/h6-7,10,12H,4-5,8-9,11H2,1-3H3. The average molecular weight is 381 g/mol. The summed E-state index contributed by atoms with van der Waals surface area (Å²) >= 11 is 0. The highest BCUT2D eigenvalue weighted by Gasteiger charge is 2.29. The molecule has 4 heterocycles. The van der Waals surface area contributed by atoms with Crippen LogP contribution in [-0.2, 0) is 31.3 Å². The lowest BCUT2D eigenvalue weighted by atomic mass is 10.0. The van der Waals surface area contributed by atoms with Crippen molar-refractivity contribution in [2.24, 2.45) is 7.05 Å². The molecular weight excluding hydrogens is 358 g/mol. The van der Waals surface area contributed by atoms with Gasteiger partial charge >= 0.3 is 5.97 Å². The van der Waals surface area contributed by atoms with E-state index in [2.05, 4.69) is 25.1 Å². The van der Waals surface area contributed by atoms with Crippen LogP contribution in [0.1, 0.15) is 35.6 Å². The van der Waals surface area contributed by atoms with E-state index in [9.17, 15) is 4.79 Å². The van der Waals surface area contributed by atoms with Crippen LogP contribution in [0.3, 0.4) is 0 Å². The molecule has 9 heteroatoms. The predicted molar refractivity (Wildman–Crippen MR) is 103 cm³/mol. The third kappa shape index (κ3) is 3.12. The van der Waals surface area contributed by atoms with E-state index >= 15 is 0 Å². The Balaban J connectivity index is 1.61. The Morgan fingerprint density at radius 2 is 2.11 bits per heavy atom. The summed E-state index contributed by atoms with van der Waals surface area (Å²) in [5.74, 6) is 1.27. The minimum Gasteiger partial charge on any atom is -0.461 e. The molecule has 0 saturated heterocycles. The van der Waals surface area contributed by atoms with Gasteiger partial charge in [-0.05, 0) is 26.0 Å². The molecule has 0 N–H and O–H groups in total. The first kappa shape index (κ1) is 18.1. The molecule has 9 nitrogen and oxygen atoms in total. The molecule has 0 aliphatic carbocycles. The lowest BCUT2D eigenvalue weighted by Gasteiger charge is -2.28. The number of hydrogen-bond donors (Lipinski definition) is 0. The first-order chi connectivity index (χ1) is 13.6. The zero-order valence-electron chi connectivity index (χ0n) is 16.3. The summed E-state index contributed by atoms with van der Waals surface area (Å²) in [6.07, 6.45) is 4.14. The fourth-order valence-electron chi connectivity index (χ4n) is 3.57. The number of esters is 1. The summed E-state index contributed by atoms with van der Waals surface area (Å²) in [4.78, 5) is 23.4. The normalized spacial score (nSPS) is 13.5. The largest absolute Gasteiger partial charge is 0.461 e. The van der Waals surface area contributed by atoms with Crippen molar-refractivity contribution < 1.29 is 9.53 Å². The van der Waals surface area contributed by atoms with E-state index in [-0.39, 0.29) is 5.97 Å². The summed E-state index contributed by atoms with van der Waals surface area (Å²) in [6.45, 7) is 6.29. The van der Waals surface area contributed by atoms with Crippen LogP contribution in [0, 0.1) is 0 Å². The van der Waals surface area contributed by atoms with Gasteiger partial charge in [-0.15, -0.1) is 0 Å². The highest BCUT2D eigenvalue weighted by Crippen LogP contribution is 2.27.